The quantitative estimate of drug-likeness (QED) is 0.791. The number of nitrogens with zero attached hydrogens (tertiary/aromatic N) is 2. The Morgan fingerprint density at radius 1 is 1.38 bits per heavy atom. The molecule has 0 unspecified atom stereocenters. The predicted molar refractivity (Wildman–Crippen MR) is 73.3 cm³/mol. The van der Waals surface area contributed by atoms with E-state index in [0.717, 1.165) is 25.7 Å². The molecule has 21 heavy (non-hydrogen) atoms. The molecule has 0 aromatic carbocycles. The fourth-order valence-electron chi connectivity index (χ4n) is 2.66. The third-order valence-corrected chi connectivity index (χ3v) is 3.92. The van der Waals surface area contributed by atoms with E-state index in [1.54, 1.807) is 6.92 Å². The molecule has 6 heteroatoms. The van der Waals surface area contributed by atoms with E-state index in [2.05, 4.69) is 16.9 Å². The highest BCUT2D eigenvalue weighted by Gasteiger charge is 2.27. The zero-order chi connectivity index (χ0) is 15.4. The van der Waals surface area contributed by atoms with Gasteiger partial charge in [0.05, 0.1) is 6.61 Å². The molecule has 0 aliphatic heterocycles. The molecule has 0 saturated heterocycles. The molecule has 0 atom stereocenters. The van der Waals surface area contributed by atoms with Crippen molar-refractivity contribution in [3.05, 3.63) is 23.3 Å². The summed E-state index contributed by atoms with van der Waals surface area (Å²) >= 11 is 0. The van der Waals surface area contributed by atoms with E-state index in [1.807, 2.05) is 0 Å². The van der Waals surface area contributed by atoms with Crippen LogP contribution in [0.4, 0.5) is 8.78 Å². The number of ether oxygens (including phenoxy) is 1. The summed E-state index contributed by atoms with van der Waals surface area (Å²) < 4.78 is 31.0. The van der Waals surface area contributed by atoms with Gasteiger partial charge in [-0.25, -0.2) is 23.5 Å². The number of halogens is 2. The van der Waals surface area contributed by atoms with E-state index in [0.29, 0.717) is 11.7 Å². The summed E-state index contributed by atoms with van der Waals surface area (Å²) in [6.45, 7) is 3.94. The Balaban J connectivity index is 2.25. The average Bonchev–Trinajstić information content (AvgIpc) is 2.47. The maximum atomic E-state index is 13.1. The Hall–Kier alpha value is -1.59. The third-order valence-electron chi connectivity index (χ3n) is 3.92. The van der Waals surface area contributed by atoms with E-state index < -0.39 is 18.1 Å². The van der Waals surface area contributed by atoms with E-state index in [-0.39, 0.29) is 18.1 Å². The van der Waals surface area contributed by atoms with Crippen LogP contribution in [-0.2, 0) is 4.74 Å². The molecule has 0 spiro atoms. The SMILES string of the molecule is CCOC(=O)c1cnc(C2CCC(C)CC2)nc1C(F)F. The Morgan fingerprint density at radius 3 is 2.62 bits per heavy atom. The molecule has 1 aromatic rings. The van der Waals surface area contributed by atoms with Crippen molar-refractivity contribution < 1.29 is 18.3 Å². The van der Waals surface area contributed by atoms with Gasteiger partial charge in [-0.05, 0) is 25.7 Å². The second-order valence-electron chi connectivity index (χ2n) is 5.51. The van der Waals surface area contributed by atoms with Crippen LogP contribution in [0.15, 0.2) is 6.20 Å². The summed E-state index contributed by atoms with van der Waals surface area (Å²) in [5.41, 5.74) is -0.753. The van der Waals surface area contributed by atoms with Crippen LogP contribution in [0.3, 0.4) is 0 Å². The molecule has 1 saturated carbocycles. The zero-order valence-electron chi connectivity index (χ0n) is 12.3. The second kappa shape index (κ2) is 6.91. The number of aromatic nitrogens is 2. The van der Waals surface area contributed by atoms with E-state index in [9.17, 15) is 13.6 Å². The highest BCUT2D eigenvalue weighted by Crippen LogP contribution is 2.34. The molecule has 0 N–H and O–H groups in total. The van der Waals surface area contributed by atoms with Gasteiger partial charge in [0.15, 0.2) is 0 Å². The zero-order valence-corrected chi connectivity index (χ0v) is 12.3. The lowest BCUT2D eigenvalue weighted by atomic mass is 9.82. The van der Waals surface area contributed by atoms with Crippen LogP contribution in [0.1, 0.15) is 73.8 Å². The summed E-state index contributed by atoms with van der Waals surface area (Å²) in [5.74, 6) is 0.395. The van der Waals surface area contributed by atoms with Crippen LogP contribution in [0.25, 0.3) is 0 Å². The van der Waals surface area contributed by atoms with Gasteiger partial charge < -0.3 is 4.74 Å². The number of carbonyl (C=O) groups excluding carboxylic acids is 1. The first kappa shape index (κ1) is 15.8. The van der Waals surface area contributed by atoms with Gasteiger partial charge in [-0.2, -0.15) is 0 Å². The fourth-order valence-corrected chi connectivity index (χ4v) is 2.66. The molecule has 1 aliphatic rings. The molecule has 0 radical (unpaired) electrons. The molecule has 0 amide bonds. The van der Waals surface area contributed by atoms with E-state index >= 15 is 0 Å². The Labute approximate surface area is 122 Å². The topological polar surface area (TPSA) is 52.1 Å². The molecule has 1 aromatic heterocycles. The number of alkyl halides is 2. The van der Waals surface area contributed by atoms with Crippen LogP contribution < -0.4 is 0 Å². The van der Waals surface area contributed by atoms with Crippen molar-refractivity contribution in [1.29, 1.82) is 0 Å². The molecule has 0 bridgehead atoms. The third kappa shape index (κ3) is 3.74. The van der Waals surface area contributed by atoms with Crippen molar-refractivity contribution in [3.63, 3.8) is 0 Å². The highest BCUT2D eigenvalue weighted by atomic mass is 19.3. The molecule has 4 nitrogen and oxygen atoms in total. The molecular weight excluding hydrogens is 278 g/mol. The van der Waals surface area contributed by atoms with Gasteiger partial charge in [0.2, 0.25) is 0 Å². The smallest absolute Gasteiger partial charge is 0.341 e. The summed E-state index contributed by atoms with van der Waals surface area (Å²) in [7, 11) is 0. The number of hydrogen-bond donors (Lipinski definition) is 0. The van der Waals surface area contributed by atoms with Crippen molar-refractivity contribution in [1.82, 2.24) is 9.97 Å². The maximum Gasteiger partial charge on any atom is 0.341 e. The molecule has 1 aliphatic carbocycles. The van der Waals surface area contributed by atoms with Crippen LogP contribution >= 0.6 is 0 Å². The first-order chi connectivity index (χ1) is 10.0. The van der Waals surface area contributed by atoms with Crippen molar-refractivity contribution in [2.24, 2.45) is 5.92 Å². The van der Waals surface area contributed by atoms with Crippen molar-refractivity contribution in [2.45, 2.75) is 51.9 Å². The predicted octanol–water partition coefficient (Wildman–Crippen LogP) is 3.88. The minimum atomic E-state index is -2.81. The molecule has 1 heterocycles. The second-order valence-corrected chi connectivity index (χ2v) is 5.51. The lowest BCUT2D eigenvalue weighted by molar-refractivity contribution is 0.0512. The Bertz CT molecular complexity index is 500. The van der Waals surface area contributed by atoms with Gasteiger partial charge in [0.1, 0.15) is 17.1 Å². The summed E-state index contributed by atoms with van der Waals surface area (Å²) in [5, 5.41) is 0. The summed E-state index contributed by atoms with van der Waals surface area (Å²) in [4.78, 5) is 19.8. The number of hydrogen-bond acceptors (Lipinski definition) is 4. The maximum absolute atomic E-state index is 13.1. The largest absolute Gasteiger partial charge is 0.462 e. The van der Waals surface area contributed by atoms with Gasteiger partial charge in [-0.15, -0.1) is 0 Å². The molecule has 116 valence electrons. The number of esters is 1. The standard InChI is InChI=1S/C15H20F2N2O2/c1-3-21-15(20)11-8-18-14(19-12(11)13(16)17)10-6-4-9(2)5-7-10/h8-10,13H,3-7H2,1-2H3. The minimum Gasteiger partial charge on any atom is -0.462 e. The van der Waals surface area contributed by atoms with Crippen molar-refractivity contribution in [3.8, 4) is 0 Å². The van der Waals surface area contributed by atoms with E-state index in [4.69, 9.17) is 4.74 Å². The molecular formula is C15H20F2N2O2. The fraction of sp³-hybridized carbons (Fsp3) is 0.667. The summed E-state index contributed by atoms with van der Waals surface area (Å²) in [6, 6.07) is 0. The van der Waals surface area contributed by atoms with Gasteiger partial charge in [0.25, 0.3) is 6.43 Å². The van der Waals surface area contributed by atoms with Crippen molar-refractivity contribution in [2.75, 3.05) is 6.61 Å². The average molecular weight is 298 g/mol. The van der Waals surface area contributed by atoms with Crippen LogP contribution in [0, 0.1) is 5.92 Å². The first-order valence-corrected chi connectivity index (χ1v) is 7.35. The highest BCUT2D eigenvalue weighted by molar-refractivity contribution is 5.90. The lowest BCUT2D eigenvalue weighted by Gasteiger charge is -2.25. The normalized spacial score (nSPS) is 22.3. The van der Waals surface area contributed by atoms with Crippen LogP contribution in [0.2, 0.25) is 0 Å². The Morgan fingerprint density at radius 2 is 2.05 bits per heavy atom. The molecule has 2 rings (SSSR count). The van der Waals surface area contributed by atoms with Gasteiger partial charge in [0, 0.05) is 12.1 Å². The number of rotatable bonds is 4. The van der Waals surface area contributed by atoms with Gasteiger partial charge in [-0.3, -0.25) is 0 Å². The lowest BCUT2D eigenvalue weighted by Crippen LogP contribution is -2.17. The van der Waals surface area contributed by atoms with Crippen LogP contribution in [0.5, 0.6) is 0 Å². The summed E-state index contributed by atoms with van der Waals surface area (Å²) in [6.07, 6.45) is 2.29. The van der Waals surface area contributed by atoms with E-state index in [1.165, 1.54) is 6.20 Å². The first-order valence-electron chi connectivity index (χ1n) is 7.35. The van der Waals surface area contributed by atoms with Crippen LogP contribution in [-0.4, -0.2) is 22.5 Å². The molecule has 1 fully saturated rings. The minimum absolute atomic E-state index is 0.106. The number of carbonyl (C=O) groups is 1. The van der Waals surface area contributed by atoms with Gasteiger partial charge in [-0.1, -0.05) is 19.8 Å². The van der Waals surface area contributed by atoms with Crippen molar-refractivity contribution >= 4 is 5.97 Å². The monoisotopic (exact) mass is 298 g/mol. The van der Waals surface area contributed by atoms with Gasteiger partial charge >= 0.3 is 5.97 Å². The Kier molecular flexibility index (Phi) is 5.20.